The quantitative estimate of drug-likeness (QED) is 0.469. The summed E-state index contributed by atoms with van der Waals surface area (Å²) in [7, 11) is -1.17. The number of rotatable bonds is 9. The molecule has 4 heteroatoms. The molecule has 1 unspecified atom stereocenters. The Balaban J connectivity index is 1.62. The second kappa shape index (κ2) is 9.20. The van der Waals surface area contributed by atoms with Gasteiger partial charge >= 0.3 is 7.12 Å². The fraction of sp³-hybridized carbons (Fsp3) is 0.714. The van der Waals surface area contributed by atoms with Crippen molar-refractivity contribution in [3.8, 4) is 0 Å². The maximum atomic E-state index is 8.85. The molecule has 25 heavy (non-hydrogen) atoms. The van der Waals surface area contributed by atoms with Crippen LogP contribution in [-0.4, -0.2) is 23.2 Å². The van der Waals surface area contributed by atoms with E-state index < -0.39 is 7.12 Å². The molecule has 1 aromatic carbocycles. The van der Waals surface area contributed by atoms with E-state index in [1.54, 1.807) is 0 Å². The topological polar surface area (TPSA) is 66.5 Å². The maximum Gasteiger partial charge on any atom is 0.451 e. The average molecular weight is 345 g/mol. The third-order valence-corrected chi connectivity index (χ3v) is 5.79. The van der Waals surface area contributed by atoms with Gasteiger partial charge in [0.2, 0.25) is 0 Å². The van der Waals surface area contributed by atoms with Crippen LogP contribution in [0.25, 0.3) is 0 Å². The Morgan fingerprint density at radius 1 is 1.12 bits per heavy atom. The van der Waals surface area contributed by atoms with Crippen molar-refractivity contribution in [3.63, 3.8) is 0 Å². The summed E-state index contributed by atoms with van der Waals surface area (Å²) in [6.07, 6.45) is 8.31. The van der Waals surface area contributed by atoms with Crippen LogP contribution in [0.3, 0.4) is 0 Å². The summed E-state index contributed by atoms with van der Waals surface area (Å²) in [6.45, 7) is 6.77. The lowest BCUT2D eigenvalue weighted by Gasteiger charge is -2.39. The Bertz CT molecular complexity index is 504. The third kappa shape index (κ3) is 6.77. The summed E-state index contributed by atoms with van der Waals surface area (Å²) >= 11 is 0. The normalized spacial score (nSPS) is 21.7. The van der Waals surface area contributed by atoms with Crippen molar-refractivity contribution >= 4 is 7.12 Å². The molecule has 0 saturated heterocycles. The monoisotopic (exact) mass is 345 g/mol. The molecule has 1 atom stereocenters. The van der Waals surface area contributed by atoms with Crippen molar-refractivity contribution in [1.82, 2.24) is 0 Å². The van der Waals surface area contributed by atoms with E-state index >= 15 is 0 Å². The first kappa shape index (κ1) is 20.5. The first-order valence-electron chi connectivity index (χ1n) is 9.97. The van der Waals surface area contributed by atoms with Crippen LogP contribution < -0.4 is 5.73 Å². The molecule has 0 bridgehead atoms. The first-order chi connectivity index (χ1) is 11.8. The minimum Gasteiger partial charge on any atom is -0.427 e. The van der Waals surface area contributed by atoms with E-state index in [2.05, 4.69) is 45.0 Å². The fourth-order valence-electron chi connectivity index (χ4n) is 3.86. The fourth-order valence-corrected chi connectivity index (χ4v) is 3.86. The Morgan fingerprint density at radius 3 is 2.32 bits per heavy atom. The molecule has 1 aliphatic carbocycles. The Hall–Kier alpha value is -0.835. The van der Waals surface area contributed by atoms with Crippen LogP contribution in [0.5, 0.6) is 0 Å². The Morgan fingerprint density at radius 2 is 1.76 bits per heavy atom. The number of hydrogen-bond donors (Lipinski definition) is 3. The number of hydrogen-bond acceptors (Lipinski definition) is 3. The van der Waals surface area contributed by atoms with Gasteiger partial charge in [-0.2, -0.15) is 0 Å². The number of aryl methyl sites for hydroxylation is 1. The van der Waals surface area contributed by atoms with E-state index in [1.165, 1.54) is 36.8 Å². The zero-order valence-electron chi connectivity index (χ0n) is 16.2. The second-order valence-corrected chi connectivity index (χ2v) is 9.01. The molecule has 1 aliphatic rings. The van der Waals surface area contributed by atoms with E-state index in [0.29, 0.717) is 12.2 Å². The highest BCUT2D eigenvalue weighted by Crippen LogP contribution is 2.39. The predicted octanol–water partition coefficient (Wildman–Crippen LogP) is 3.91. The molecular weight excluding hydrogens is 309 g/mol. The highest BCUT2D eigenvalue weighted by molar-refractivity contribution is 6.40. The summed E-state index contributed by atoms with van der Waals surface area (Å²) in [5, 5.41) is 17.7. The Labute approximate surface area is 154 Å². The SMILES string of the molecule is CC(C)(C)c1ccc(CCC2CC(C(N)CCCCB(O)O)C2)cc1. The minimum absolute atomic E-state index is 0.227. The lowest BCUT2D eigenvalue weighted by molar-refractivity contribution is 0.147. The molecule has 2 rings (SSSR count). The zero-order chi connectivity index (χ0) is 18.4. The van der Waals surface area contributed by atoms with E-state index in [9.17, 15) is 0 Å². The summed E-state index contributed by atoms with van der Waals surface area (Å²) < 4.78 is 0. The third-order valence-electron chi connectivity index (χ3n) is 5.79. The standard InChI is InChI=1S/C21H36BNO2/c1-21(2,3)19-11-9-16(10-12-19)7-8-17-14-18(15-17)20(23)6-4-5-13-22(24)25/h9-12,17-18,20,24-25H,4-8,13-15,23H2,1-3H3. The number of benzene rings is 1. The first-order valence-corrected chi connectivity index (χ1v) is 9.97. The molecule has 0 heterocycles. The van der Waals surface area contributed by atoms with Gasteiger partial charge < -0.3 is 15.8 Å². The van der Waals surface area contributed by atoms with Gasteiger partial charge in [-0.3, -0.25) is 0 Å². The van der Waals surface area contributed by atoms with E-state index in [4.69, 9.17) is 15.8 Å². The number of unbranched alkanes of at least 4 members (excludes halogenated alkanes) is 1. The van der Waals surface area contributed by atoms with Crippen LogP contribution in [0.4, 0.5) is 0 Å². The predicted molar refractivity (Wildman–Crippen MR) is 107 cm³/mol. The van der Waals surface area contributed by atoms with Gasteiger partial charge in [0.15, 0.2) is 0 Å². The number of nitrogens with two attached hydrogens (primary N) is 1. The highest BCUT2D eigenvalue weighted by Gasteiger charge is 2.32. The molecule has 0 aromatic heterocycles. The summed E-state index contributed by atoms with van der Waals surface area (Å²) in [4.78, 5) is 0. The van der Waals surface area contributed by atoms with Crippen LogP contribution in [0.15, 0.2) is 24.3 Å². The Kier molecular flexibility index (Phi) is 7.54. The van der Waals surface area contributed by atoms with Gasteiger partial charge in [0.25, 0.3) is 0 Å². The van der Waals surface area contributed by atoms with Gasteiger partial charge in [0, 0.05) is 6.04 Å². The second-order valence-electron chi connectivity index (χ2n) is 9.01. The zero-order valence-corrected chi connectivity index (χ0v) is 16.2. The van der Waals surface area contributed by atoms with Crippen molar-refractivity contribution in [2.24, 2.45) is 17.6 Å². The van der Waals surface area contributed by atoms with Gasteiger partial charge in [0.05, 0.1) is 0 Å². The summed E-state index contributed by atoms with van der Waals surface area (Å²) in [5.41, 5.74) is 9.37. The van der Waals surface area contributed by atoms with E-state index in [0.717, 1.165) is 25.2 Å². The summed E-state index contributed by atoms with van der Waals surface area (Å²) in [5.74, 6) is 1.50. The van der Waals surface area contributed by atoms with Crippen LogP contribution in [-0.2, 0) is 11.8 Å². The van der Waals surface area contributed by atoms with Crippen LogP contribution in [0.2, 0.25) is 6.32 Å². The molecule has 0 radical (unpaired) electrons. The van der Waals surface area contributed by atoms with Crippen molar-refractivity contribution in [3.05, 3.63) is 35.4 Å². The maximum absolute atomic E-state index is 8.85. The van der Waals surface area contributed by atoms with Crippen LogP contribution >= 0.6 is 0 Å². The molecule has 140 valence electrons. The molecule has 4 N–H and O–H groups in total. The summed E-state index contributed by atoms with van der Waals surface area (Å²) in [6, 6.07) is 9.42. The molecule has 0 spiro atoms. The minimum atomic E-state index is -1.17. The van der Waals surface area contributed by atoms with Gasteiger partial charge in [-0.1, -0.05) is 57.9 Å². The lowest BCUT2D eigenvalue weighted by Crippen LogP contribution is -2.39. The van der Waals surface area contributed by atoms with Crippen molar-refractivity contribution in [2.45, 2.75) is 83.5 Å². The van der Waals surface area contributed by atoms with E-state index in [-0.39, 0.29) is 11.5 Å². The van der Waals surface area contributed by atoms with Gasteiger partial charge in [-0.25, -0.2) is 0 Å². The van der Waals surface area contributed by atoms with Gasteiger partial charge in [-0.15, -0.1) is 0 Å². The smallest absolute Gasteiger partial charge is 0.427 e. The van der Waals surface area contributed by atoms with Gasteiger partial charge in [-0.05, 0) is 66.8 Å². The molecule has 0 aliphatic heterocycles. The van der Waals surface area contributed by atoms with Crippen molar-refractivity contribution in [2.75, 3.05) is 0 Å². The molecule has 1 aromatic rings. The van der Waals surface area contributed by atoms with Crippen molar-refractivity contribution in [1.29, 1.82) is 0 Å². The molecule has 1 fully saturated rings. The molecular formula is C21H36BNO2. The van der Waals surface area contributed by atoms with Crippen molar-refractivity contribution < 1.29 is 10.0 Å². The molecule has 0 amide bonds. The molecule has 1 saturated carbocycles. The van der Waals surface area contributed by atoms with Crippen LogP contribution in [0.1, 0.15) is 70.4 Å². The average Bonchev–Trinajstić information content (AvgIpc) is 2.49. The highest BCUT2D eigenvalue weighted by atomic mass is 16.4. The van der Waals surface area contributed by atoms with Gasteiger partial charge in [0.1, 0.15) is 0 Å². The molecule has 3 nitrogen and oxygen atoms in total. The largest absolute Gasteiger partial charge is 0.451 e. The lowest BCUT2D eigenvalue weighted by atomic mass is 9.68. The van der Waals surface area contributed by atoms with Crippen LogP contribution in [0, 0.1) is 11.8 Å². The van der Waals surface area contributed by atoms with E-state index in [1.807, 2.05) is 0 Å².